The van der Waals surface area contributed by atoms with E-state index in [1.165, 1.54) is 96.3 Å². The zero-order valence-corrected chi connectivity index (χ0v) is 48.2. The molecular formula is C62H109O11P. The highest BCUT2D eigenvalue weighted by Gasteiger charge is 2.28. The van der Waals surface area contributed by atoms with Crippen LogP contribution in [0.25, 0.3) is 0 Å². The van der Waals surface area contributed by atoms with Gasteiger partial charge in [0.2, 0.25) is 0 Å². The molecule has 0 aliphatic rings. The van der Waals surface area contributed by atoms with Crippen LogP contribution in [0, 0.1) is 0 Å². The first kappa shape index (κ1) is 70.9. The van der Waals surface area contributed by atoms with Crippen LogP contribution in [0.4, 0.5) is 0 Å². The summed E-state index contributed by atoms with van der Waals surface area (Å²) in [5.41, 5.74) is 0. The van der Waals surface area contributed by atoms with Crippen molar-refractivity contribution in [2.75, 3.05) is 26.4 Å². The molecule has 0 amide bonds. The summed E-state index contributed by atoms with van der Waals surface area (Å²) in [4.78, 5) is 48.6. The Labute approximate surface area is 452 Å². The van der Waals surface area contributed by atoms with Gasteiger partial charge in [0.05, 0.1) is 19.8 Å². The lowest BCUT2D eigenvalue weighted by molar-refractivity contribution is -0.161. The predicted molar refractivity (Wildman–Crippen MR) is 307 cm³/mol. The van der Waals surface area contributed by atoms with Gasteiger partial charge in [-0.3, -0.25) is 23.4 Å². The van der Waals surface area contributed by atoms with Crippen LogP contribution in [-0.4, -0.2) is 66.5 Å². The highest BCUT2D eigenvalue weighted by atomic mass is 31.2. The van der Waals surface area contributed by atoms with Crippen molar-refractivity contribution in [3.8, 4) is 0 Å². The van der Waals surface area contributed by atoms with Crippen LogP contribution in [0.15, 0.2) is 72.9 Å². The molecule has 0 aliphatic heterocycles. The maximum absolute atomic E-state index is 12.9. The largest absolute Gasteiger partial charge is 0.472 e. The number of aliphatic hydroxyl groups excluding tert-OH is 1. The quantitative estimate of drug-likeness (QED) is 0.0197. The van der Waals surface area contributed by atoms with Gasteiger partial charge in [0.1, 0.15) is 12.7 Å². The van der Waals surface area contributed by atoms with Crippen LogP contribution in [0.1, 0.15) is 265 Å². The van der Waals surface area contributed by atoms with Crippen molar-refractivity contribution in [1.29, 1.82) is 0 Å². The van der Waals surface area contributed by atoms with Crippen molar-refractivity contribution in [2.45, 2.75) is 277 Å². The average Bonchev–Trinajstić information content (AvgIpc) is 3.39. The van der Waals surface area contributed by atoms with Crippen LogP contribution in [0.2, 0.25) is 0 Å². The molecule has 3 atom stereocenters. The second kappa shape index (κ2) is 56.1. The summed E-state index contributed by atoms with van der Waals surface area (Å²) in [7, 11) is -4.76. The van der Waals surface area contributed by atoms with Crippen LogP contribution < -0.4 is 0 Å². The molecule has 0 saturated heterocycles. The van der Waals surface area contributed by atoms with E-state index < -0.39 is 57.8 Å². The molecule has 3 unspecified atom stereocenters. The zero-order chi connectivity index (χ0) is 54.1. The summed E-state index contributed by atoms with van der Waals surface area (Å²) in [6.45, 7) is 4.48. The summed E-state index contributed by atoms with van der Waals surface area (Å²) < 4.78 is 39.5. The Morgan fingerprint density at radius 2 is 0.703 bits per heavy atom. The van der Waals surface area contributed by atoms with E-state index in [1.54, 1.807) is 0 Å². The van der Waals surface area contributed by atoms with Crippen molar-refractivity contribution in [3.63, 3.8) is 0 Å². The summed E-state index contributed by atoms with van der Waals surface area (Å²) in [6.07, 6.45) is 62.9. The first-order valence-corrected chi connectivity index (χ1v) is 31.3. The Morgan fingerprint density at radius 3 is 1.12 bits per heavy atom. The number of unbranched alkanes of at least 4 members (excludes halogenated alkanes) is 26. The molecule has 0 radical (unpaired) electrons. The fraction of sp³-hybridized carbons (Fsp3) is 0.758. The van der Waals surface area contributed by atoms with E-state index in [4.69, 9.17) is 23.3 Å². The molecule has 0 aromatic heterocycles. The molecular weight excluding hydrogens is 952 g/mol. The minimum absolute atomic E-state index is 0.145. The van der Waals surface area contributed by atoms with Crippen molar-refractivity contribution in [2.24, 2.45) is 0 Å². The molecule has 74 heavy (non-hydrogen) atoms. The SMILES string of the molecule is CC/C=C\C/C=C\C/C=C\CCCCCC(=O)OCC(COP(=O)(O)OCC(CO)OC(=O)CCCCCCCCCCCCCCCCC)OC(=O)CCCCCCCC/C=C\C/C=C\C/C=C\CCCCC. The third kappa shape index (κ3) is 53.7. The summed E-state index contributed by atoms with van der Waals surface area (Å²) in [6, 6.07) is 0. The first-order chi connectivity index (χ1) is 36.2. The Bertz CT molecular complexity index is 1520. The Balaban J connectivity index is 4.74. The van der Waals surface area contributed by atoms with Gasteiger partial charge in [-0.25, -0.2) is 4.57 Å². The smallest absolute Gasteiger partial charge is 0.462 e. The lowest BCUT2D eigenvalue weighted by Gasteiger charge is -2.21. The molecule has 11 nitrogen and oxygen atoms in total. The lowest BCUT2D eigenvalue weighted by Crippen LogP contribution is -2.30. The molecule has 0 bridgehead atoms. The second-order valence-corrected chi connectivity index (χ2v) is 21.2. The molecule has 0 spiro atoms. The van der Waals surface area contributed by atoms with Gasteiger partial charge in [0, 0.05) is 19.3 Å². The van der Waals surface area contributed by atoms with Crippen molar-refractivity contribution < 1.29 is 52.2 Å². The van der Waals surface area contributed by atoms with Crippen molar-refractivity contribution in [1.82, 2.24) is 0 Å². The number of rotatable bonds is 55. The van der Waals surface area contributed by atoms with Crippen molar-refractivity contribution >= 4 is 25.7 Å². The molecule has 2 N–H and O–H groups in total. The van der Waals surface area contributed by atoms with E-state index >= 15 is 0 Å². The highest BCUT2D eigenvalue weighted by molar-refractivity contribution is 7.47. The third-order valence-corrected chi connectivity index (χ3v) is 13.6. The Hall–Kier alpha value is -3.08. The molecule has 0 rings (SSSR count). The molecule has 0 saturated carbocycles. The van der Waals surface area contributed by atoms with Crippen molar-refractivity contribution in [3.05, 3.63) is 72.9 Å². The molecule has 0 aromatic rings. The first-order valence-electron chi connectivity index (χ1n) is 29.8. The Kier molecular flexibility index (Phi) is 53.8. The number of phosphoric ester groups is 1. The standard InChI is InChI=1S/C62H109O11P/c1-4-7-10-13-16-19-22-25-27-28-29-30-32-35-38-41-44-47-50-53-62(66)73-59(55-69-60(64)51-48-45-42-39-36-33-24-21-18-15-12-9-6-3)57-71-74(67,68)70-56-58(54-63)72-61(65)52-49-46-43-40-37-34-31-26-23-20-17-14-11-8-5-2/h9,12,16,18-19,21,25,27,29-30,33,36,58-59,63H,4-8,10-11,13-15,17,20,22-24,26,28,31-32,34-35,37-57H2,1-3H3,(H,67,68)/b12-9-,19-16-,21-18-,27-25-,30-29-,36-33-. The summed E-state index contributed by atoms with van der Waals surface area (Å²) in [5.74, 6) is -1.51. The van der Waals surface area contributed by atoms with Gasteiger partial charge >= 0.3 is 25.7 Å². The van der Waals surface area contributed by atoms with Crippen LogP contribution in [0.5, 0.6) is 0 Å². The molecule has 428 valence electrons. The number of esters is 3. The molecule has 0 fully saturated rings. The number of phosphoric acid groups is 1. The van der Waals surface area contributed by atoms with E-state index in [2.05, 4.69) is 93.7 Å². The number of hydrogen-bond acceptors (Lipinski definition) is 10. The molecule has 0 aromatic carbocycles. The third-order valence-electron chi connectivity index (χ3n) is 12.6. The number of aliphatic hydroxyl groups is 1. The van der Waals surface area contributed by atoms with E-state index in [9.17, 15) is 28.9 Å². The Morgan fingerprint density at radius 1 is 0.392 bits per heavy atom. The van der Waals surface area contributed by atoms with Gasteiger partial charge < -0.3 is 24.2 Å². The number of ether oxygens (including phenoxy) is 3. The van der Waals surface area contributed by atoms with Gasteiger partial charge in [0.15, 0.2) is 6.10 Å². The van der Waals surface area contributed by atoms with E-state index in [1.807, 2.05) is 0 Å². The maximum atomic E-state index is 12.9. The van der Waals surface area contributed by atoms with E-state index in [0.717, 1.165) is 109 Å². The zero-order valence-electron chi connectivity index (χ0n) is 47.3. The van der Waals surface area contributed by atoms with Gasteiger partial charge in [0.25, 0.3) is 0 Å². The monoisotopic (exact) mass is 1060 g/mol. The topological polar surface area (TPSA) is 155 Å². The van der Waals surface area contributed by atoms with Gasteiger partial charge in [-0.1, -0.05) is 229 Å². The minimum Gasteiger partial charge on any atom is -0.462 e. The minimum atomic E-state index is -4.76. The van der Waals surface area contributed by atoms with Crippen LogP contribution in [-0.2, 0) is 42.2 Å². The van der Waals surface area contributed by atoms with Gasteiger partial charge in [-0.05, 0) is 89.9 Å². The second-order valence-electron chi connectivity index (χ2n) is 19.8. The van der Waals surface area contributed by atoms with E-state index in [0.29, 0.717) is 19.3 Å². The van der Waals surface area contributed by atoms with Gasteiger partial charge in [-0.15, -0.1) is 0 Å². The van der Waals surface area contributed by atoms with Crippen LogP contribution in [0.3, 0.4) is 0 Å². The number of allylic oxidation sites excluding steroid dienone is 12. The summed E-state index contributed by atoms with van der Waals surface area (Å²) in [5, 5.41) is 9.82. The van der Waals surface area contributed by atoms with Gasteiger partial charge in [-0.2, -0.15) is 0 Å². The summed E-state index contributed by atoms with van der Waals surface area (Å²) >= 11 is 0. The number of carbonyl (C=O) groups is 3. The highest BCUT2D eigenvalue weighted by Crippen LogP contribution is 2.43. The fourth-order valence-corrected chi connectivity index (χ4v) is 8.87. The van der Waals surface area contributed by atoms with E-state index in [-0.39, 0.29) is 25.9 Å². The molecule has 0 aliphatic carbocycles. The average molecular weight is 1060 g/mol. The predicted octanol–water partition coefficient (Wildman–Crippen LogP) is 17.7. The molecule has 0 heterocycles. The normalized spacial score (nSPS) is 13.9. The fourth-order valence-electron chi connectivity index (χ4n) is 8.08. The number of hydrogen-bond donors (Lipinski definition) is 2. The lowest BCUT2D eigenvalue weighted by atomic mass is 10.0. The van der Waals surface area contributed by atoms with Crippen LogP contribution >= 0.6 is 7.82 Å². The number of carbonyl (C=O) groups excluding carboxylic acids is 3. The molecule has 12 heteroatoms. The maximum Gasteiger partial charge on any atom is 0.472 e.